The fourth-order valence-electron chi connectivity index (χ4n) is 0. The largest absolute Gasteiger partial charge is 1.00 e. The van der Waals surface area contributed by atoms with Crippen LogP contribution in [0.4, 0.5) is 0 Å². The van der Waals surface area contributed by atoms with Crippen LogP contribution in [-0.4, -0.2) is 0 Å². The zero-order chi connectivity index (χ0) is 8.00. The van der Waals surface area contributed by atoms with Crippen LogP contribution in [0.1, 0.15) is 95.4 Å². The van der Waals surface area contributed by atoms with Gasteiger partial charge in [-0.15, -0.1) is 0 Å². The van der Waals surface area contributed by atoms with Crippen LogP contribution >= 0.6 is 0 Å². The van der Waals surface area contributed by atoms with Crippen molar-refractivity contribution >= 4 is 0 Å². The maximum absolute atomic E-state index is 2.00. The molecule has 0 aliphatic heterocycles. The van der Waals surface area contributed by atoms with Gasteiger partial charge >= 0.3 is 51.4 Å². The van der Waals surface area contributed by atoms with E-state index in [0.29, 0.717) is 0 Å². The van der Waals surface area contributed by atoms with E-state index >= 15 is 0 Å². The van der Waals surface area contributed by atoms with E-state index in [1.165, 1.54) is 0 Å². The molecular formula is C13H47K. The molecule has 0 aromatic carbocycles. The van der Waals surface area contributed by atoms with Crippen molar-refractivity contribution < 1.29 is 54.2 Å². The molecule has 100 valence electrons. The van der Waals surface area contributed by atoms with Crippen LogP contribution in [0.3, 0.4) is 0 Å². The molecule has 0 saturated heterocycles. The van der Waals surface area contributed by atoms with Crippen molar-refractivity contribution in [2.24, 2.45) is 0 Å². The Balaban J connectivity index is -0.00000000114. The van der Waals surface area contributed by atoms with Gasteiger partial charge in [-0.1, -0.05) is 92.5 Å². The van der Waals surface area contributed by atoms with E-state index in [1.807, 2.05) is 55.4 Å². The van der Waals surface area contributed by atoms with Crippen LogP contribution < -0.4 is 51.4 Å². The minimum atomic E-state index is 0. The molecule has 0 aromatic rings. The van der Waals surface area contributed by atoms with Crippen LogP contribution in [0.25, 0.3) is 0 Å². The van der Waals surface area contributed by atoms with E-state index in [1.54, 1.807) is 0 Å². The Morgan fingerprint density at radius 1 is 0.429 bits per heavy atom. The van der Waals surface area contributed by atoms with Gasteiger partial charge in [0.2, 0.25) is 0 Å². The molecule has 0 N–H and O–H groups in total. The van der Waals surface area contributed by atoms with Crippen molar-refractivity contribution in [2.45, 2.75) is 92.5 Å². The Labute approximate surface area is 145 Å². The normalized spacial score (nSPS) is 1.71. The predicted octanol–water partition coefficient (Wildman–Crippen LogP) is 4.65. The third-order valence-corrected chi connectivity index (χ3v) is 0. The van der Waals surface area contributed by atoms with Crippen molar-refractivity contribution in [1.29, 1.82) is 0 Å². The first-order chi connectivity index (χ1) is 4.00. The molecular weight excluding hydrogens is 195 g/mol. The average Bonchev–Trinajstić information content (AvgIpc) is 2.03. The van der Waals surface area contributed by atoms with Crippen LogP contribution in [0.2, 0.25) is 0 Å². The van der Waals surface area contributed by atoms with Gasteiger partial charge in [-0.25, -0.2) is 0 Å². The third kappa shape index (κ3) is 813. The van der Waals surface area contributed by atoms with Gasteiger partial charge in [0.05, 0.1) is 0 Å². The molecule has 0 aliphatic carbocycles. The van der Waals surface area contributed by atoms with Gasteiger partial charge in [0.25, 0.3) is 0 Å². The summed E-state index contributed by atoms with van der Waals surface area (Å²) in [6.45, 7) is 16.0. The van der Waals surface area contributed by atoms with Crippen molar-refractivity contribution in [3.05, 3.63) is 0 Å². The number of hydrogen-bond donors (Lipinski definition) is 0. The van der Waals surface area contributed by atoms with Gasteiger partial charge in [-0.2, -0.15) is 0 Å². The van der Waals surface area contributed by atoms with E-state index in [4.69, 9.17) is 0 Å². The molecule has 0 nitrogen and oxygen atoms in total. The second-order valence-electron chi connectivity index (χ2n) is 0. The molecule has 0 aliphatic rings. The van der Waals surface area contributed by atoms with Crippen LogP contribution in [-0.2, 0) is 0 Å². The fraction of sp³-hybridized carbons (Fsp3) is 1.00. The van der Waals surface area contributed by atoms with E-state index in [2.05, 4.69) is 0 Å². The summed E-state index contributed by atoms with van der Waals surface area (Å²) in [6, 6.07) is 0. The Morgan fingerprint density at radius 3 is 0.429 bits per heavy atom. The Hall–Kier alpha value is 1.64. The minimum Gasteiger partial charge on any atom is -1.00 e. The van der Waals surface area contributed by atoms with Gasteiger partial charge in [0.15, 0.2) is 0 Å². The molecule has 0 amide bonds. The average molecular weight is 245 g/mol. The summed E-state index contributed by atoms with van der Waals surface area (Å²) in [5.74, 6) is 0. The molecule has 0 unspecified atom stereocenters. The van der Waals surface area contributed by atoms with Crippen molar-refractivity contribution in [3.8, 4) is 0 Å². The summed E-state index contributed by atoms with van der Waals surface area (Å²) in [5, 5.41) is 0. The smallest absolute Gasteiger partial charge is 1.00 e. The van der Waals surface area contributed by atoms with Crippen LogP contribution in [0, 0.1) is 0 Å². The van der Waals surface area contributed by atoms with Gasteiger partial charge in [0, 0.05) is 1.43 Å². The van der Waals surface area contributed by atoms with Crippen molar-refractivity contribution in [2.75, 3.05) is 0 Å². The molecule has 0 spiro atoms. The first kappa shape index (κ1) is 105. The Bertz CT molecular complexity index is 13.9. The summed E-state index contributed by atoms with van der Waals surface area (Å²) >= 11 is 0. The third-order valence-electron chi connectivity index (χ3n) is 0. The molecule has 14 heavy (non-hydrogen) atoms. The van der Waals surface area contributed by atoms with E-state index < -0.39 is 0 Å². The Kier molecular flexibility index (Phi) is 7660. The van der Waals surface area contributed by atoms with Gasteiger partial charge in [0.1, 0.15) is 0 Å². The molecule has 0 bridgehead atoms. The van der Waals surface area contributed by atoms with Gasteiger partial charge in [-0.3, -0.25) is 0 Å². The van der Waals surface area contributed by atoms with Crippen molar-refractivity contribution in [1.82, 2.24) is 0 Å². The van der Waals surface area contributed by atoms with Crippen LogP contribution in [0.5, 0.6) is 0 Å². The first-order valence-electron chi connectivity index (χ1n) is 4.00. The second kappa shape index (κ2) is 1020. The van der Waals surface area contributed by atoms with E-state index in [-0.39, 0.29) is 91.4 Å². The molecule has 0 aromatic heterocycles. The maximum atomic E-state index is 2.00. The summed E-state index contributed by atoms with van der Waals surface area (Å²) < 4.78 is 0. The molecule has 0 radical (unpaired) electrons. The summed E-state index contributed by atoms with van der Waals surface area (Å²) in [6.07, 6.45) is 0. The molecule has 0 heterocycles. The monoisotopic (exact) mass is 244 g/mol. The molecule has 0 atom stereocenters. The van der Waals surface area contributed by atoms with Crippen molar-refractivity contribution in [3.63, 3.8) is 0 Å². The molecule has 0 fully saturated rings. The zero-order valence-corrected chi connectivity index (χ0v) is 12.1. The predicted molar refractivity (Wildman–Crippen MR) is 82.3 cm³/mol. The van der Waals surface area contributed by atoms with Gasteiger partial charge in [-0.05, 0) is 0 Å². The zero-order valence-electron chi connectivity index (χ0n) is 10.0. The second-order valence-corrected chi connectivity index (χ2v) is 0. The standard InChI is InChI=1S/4C2H6.5CH4.K.H2.H/c4*1-2;;;;;;;;/h4*1-2H3;5*1H4;;1H;/q;;;;;;;;;+1;;-1/i;;;;;;;;;;1+2;. The fourth-order valence-corrected chi connectivity index (χ4v) is 0. The maximum Gasteiger partial charge on any atom is 1.00 e. The summed E-state index contributed by atoms with van der Waals surface area (Å²) in [5.41, 5.74) is 0. The SMILES string of the molecule is C.C.C.C.C.CC.CC.CC.CC.[3HH].[H-].[K+]. The van der Waals surface area contributed by atoms with E-state index in [9.17, 15) is 0 Å². The van der Waals surface area contributed by atoms with Gasteiger partial charge < -0.3 is 1.43 Å². The van der Waals surface area contributed by atoms with E-state index in [0.717, 1.165) is 0 Å². The number of rotatable bonds is 0. The van der Waals surface area contributed by atoms with Crippen LogP contribution in [0.15, 0.2) is 0 Å². The summed E-state index contributed by atoms with van der Waals surface area (Å²) in [7, 11) is 0. The molecule has 0 saturated carbocycles. The first-order valence-corrected chi connectivity index (χ1v) is 4.00. The Morgan fingerprint density at radius 2 is 0.429 bits per heavy atom. The molecule has 1 heteroatoms. The molecule has 0 rings (SSSR count). The summed E-state index contributed by atoms with van der Waals surface area (Å²) in [4.78, 5) is 0. The minimum absolute atomic E-state index is 0. The topological polar surface area (TPSA) is 0 Å². The quantitative estimate of drug-likeness (QED) is 0.544. The number of hydrogen-bond acceptors (Lipinski definition) is 0.